The van der Waals surface area contributed by atoms with Crippen LogP contribution in [-0.2, 0) is 17.5 Å². The van der Waals surface area contributed by atoms with Gasteiger partial charge < -0.3 is 0 Å². The van der Waals surface area contributed by atoms with Crippen LogP contribution >= 0.6 is 24.0 Å². The summed E-state index contributed by atoms with van der Waals surface area (Å²) < 4.78 is 5.09. The summed E-state index contributed by atoms with van der Waals surface area (Å²) >= 11 is -2.72. The third-order valence-corrected chi connectivity index (χ3v) is 18.9. The maximum atomic E-state index is 2.33. The van der Waals surface area contributed by atoms with Crippen molar-refractivity contribution in [3.63, 3.8) is 0 Å². The van der Waals surface area contributed by atoms with Crippen LogP contribution in [0.1, 0.15) is 22.3 Å². The Morgan fingerprint density at radius 3 is 0.733 bits per heavy atom. The van der Waals surface area contributed by atoms with Gasteiger partial charge >= 0.3 is 180 Å². The molecule has 0 spiro atoms. The topological polar surface area (TPSA) is 0 Å². The normalized spacial score (nSPS) is 11.5. The summed E-state index contributed by atoms with van der Waals surface area (Å²) in [7, 11) is 0. The number of hydrogen-bond donors (Lipinski definition) is 0. The second-order valence-electron chi connectivity index (χ2n) is 8.15. The number of benzene rings is 4. The number of hydrogen-bond acceptors (Lipinski definition) is 0. The summed E-state index contributed by atoms with van der Waals surface area (Å²) in [6.45, 7) is 0. The van der Waals surface area contributed by atoms with Gasteiger partial charge in [-0.1, -0.05) is 0 Å². The van der Waals surface area contributed by atoms with Gasteiger partial charge in [-0.15, -0.1) is 24.0 Å². The monoisotopic (exact) mass is 614 g/mol. The Hall–Kier alpha value is -1.57. The molecule has 154 valence electrons. The van der Waals surface area contributed by atoms with Gasteiger partial charge in [0.15, 0.2) is 0 Å². The molecule has 2 heteroatoms. The molecule has 30 heavy (non-hydrogen) atoms. The van der Waals surface area contributed by atoms with Crippen LogP contribution in [0.5, 0.6) is 0 Å². The van der Waals surface area contributed by atoms with E-state index in [0.717, 1.165) is 0 Å². The molecule has 0 fully saturated rings. The van der Waals surface area contributed by atoms with E-state index in [-0.39, 0.29) is 24.0 Å². The fraction of sp³-hybridized carbons (Fsp3) is 0.143. The molecule has 0 radical (unpaired) electrons. The van der Waals surface area contributed by atoms with Gasteiger partial charge in [0.1, 0.15) is 0 Å². The van der Waals surface area contributed by atoms with Gasteiger partial charge in [0.2, 0.25) is 0 Å². The van der Waals surface area contributed by atoms with Crippen LogP contribution in [-0.4, -0.2) is 18.8 Å². The van der Waals surface area contributed by atoms with Gasteiger partial charge in [-0.25, -0.2) is 0 Å². The van der Waals surface area contributed by atoms with Gasteiger partial charge in [0.25, 0.3) is 0 Å². The second kappa shape index (κ2) is 11.7. The van der Waals surface area contributed by atoms with Crippen molar-refractivity contribution in [3.05, 3.63) is 144 Å². The van der Waals surface area contributed by atoms with Crippen LogP contribution in [0.15, 0.2) is 121 Å². The Labute approximate surface area is 202 Å². The molecule has 0 aliphatic carbocycles. The van der Waals surface area contributed by atoms with Crippen LogP contribution < -0.4 is 0 Å². The molecule has 0 heterocycles. The fourth-order valence-corrected chi connectivity index (χ4v) is 19.2. The van der Waals surface area contributed by atoms with Crippen LogP contribution in [0.2, 0.25) is 0 Å². The van der Waals surface area contributed by atoms with Gasteiger partial charge in [0.05, 0.1) is 0 Å². The molecule has 0 saturated heterocycles. The van der Waals surface area contributed by atoms with E-state index < -0.39 is 18.8 Å². The van der Waals surface area contributed by atoms with E-state index in [1.165, 1.54) is 39.7 Å². The Bertz CT molecular complexity index is 814. The summed E-state index contributed by atoms with van der Waals surface area (Å²) in [6.07, 6.45) is 0. The molecular formula is C28H30ISb. The molecule has 0 saturated carbocycles. The first-order chi connectivity index (χ1) is 14.3. The van der Waals surface area contributed by atoms with E-state index in [1.54, 1.807) is 0 Å². The van der Waals surface area contributed by atoms with Crippen molar-refractivity contribution in [2.45, 2.75) is 17.5 Å². The summed E-state index contributed by atoms with van der Waals surface area (Å²) in [5, 5.41) is 0. The van der Waals surface area contributed by atoms with Crippen molar-refractivity contribution in [2.24, 2.45) is 0 Å². The van der Waals surface area contributed by atoms with E-state index in [0.29, 0.717) is 0 Å². The predicted octanol–water partition coefficient (Wildman–Crippen LogP) is 6.91. The Kier molecular flexibility index (Phi) is 9.02. The third kappa shape index (κ3) is 6.72. The zero-order chi connectivity index (χ0) is 19.8. The van der Waals surface area contributed by atoms with Crippen LogP contribution in [0, 0.1) is 0 Å². The molecule has 0 N–H and O–H groups in total. The zero-order valence-electron chi connectivity index (χ0n) is 17.3. The van der Waals surface area contributed by atoms with Crippen LogP contribution in [0.4, 0.5) is 0 Å². The summed E-state index contributed by atoms with van der Waals surface area (Å²) in [4.78, 5) is 0. The molecule has 4 aromatic rings. The third-order valence-electron chi connectivity index (χ3n) is 5.69. The molecule has 0 aliphatic rings. The number of rotatable bonds is 8. The molecular weight excluding hydrogens is 585 g/mol. The molecule has 0 aromatic heterocycles. The number of halogens is 1. The van der Waals surface area contributed by atoms with Crippen molar-refractivity contribution in [3.8, 4) is 0 Å². The first kappa shape index (κ1) is 23.1. The van der Waals surface area contributed by atoms with E-state index in [9.17, 15) is 0 Å². The average molecular weight is 615 g/mol. The Morgan fingerprint density at radius 2 is 0.533 bits per heavy atom. The molecule has 0 unspecified atom stereocenters. The van der Waals surface area contributed by atoms with E-state index >= 15 is 0 Å². The average Bonchev–Trinajstić information content (AvgIpc) is 2.76. The van der Waals surface area contributed by atoms with Crippen LogP contribution in [0.3, 0.4) is 0 Å². The van der Waals surface area contributed by atoms with E-state index in [2.05, 4.69) is 121 Å². The SMILES string of the molecule is I.c1ccc([CH2][SbH]([CH2]c2ccccc2)([CH2]c2ccccc2)[CH2]c2ccccc2)cc1. The summed E-state index contributed by atoms with van der Waals surface area (Å²) in [6, 6.07) is 44.7. The van der Waals surface area contributed by atoms with Crippen LogP contribution in [0.25, 0.3) is 0 Å². The Morgan fingerprint density at radius 1 is 0.333 bits per heavy atom. The summed E-state index contributed by atoms with van der Waals surface area (Å²) in [5.74, 6) is 0. The van der Waals surface area contributed by atoms with Gasteiger partial charge in [-0.3, -0.25) is 0 Å². The predicted molar refractivity (Wildman–Crippen MR) is 143 cm³/mol. The standard InChI is InChI=1S/4C7H7.HI.Sb.H/c4*1-7-5-3-2-4-6-7;;;/h4*2-6H,1H2;1H;;. The van der Waals surface area contributed by atoms with E-state index in [4.69, 9.17) is 0 Å². The molecule has 0 nitrogen and oxygen atoms in total. The fourth-order valence-electron chi connectivity index (χ4n) is 4.49. The quantitative estimate of drug-likeness (QED) is 0.149. The zero-order valence-corrected chi connectivity index (χ0v) is 22.5. The first-order valence-electron chi connectivity index (χ1n) is 10.5. The van der Waals surface area contributed by atoms with Gasteiger partial charge in [-0.05, 0) is 0 Å². The minimum absolute atomic E-state index is 0. The van der Waals surface area contributed by atoms with Crippen molar-refractivity contribution in [1.29, 1.82) is 0 Å². The van der Waals surface area contributed by atoms with Crippen molar-refractivity contribution in [1.82, 2.24) is 0 Å². The second-order valence-corrected chi connectivity index (χ2v) is 20.7. The first-order valence-corrected chi connectivity index (χ1v) is 18.5. The van der Waals surface area contributed by atoms with Gasteiger partial charge in [-0.2, -0.15) is 0 Å². The molecule has 4 aromatic carbocycles. The molecule has 0 aliphatic heterocycles. The molecule has 0 amide bonds. The summed E-state index contributed by atoms with van der Waals surface area (Å²) in [5.41, 5.74) is 6.02. The Balaban J connectivity index is 0.00000256. The van der Waals surface area contributed by atoms with Crippen molar-refractivity contribution < 1.29 is 0 Å². The molecule has 0 atom stereocenters. The van der Waals surface area contributed by atoms with E-state index in [1.807, 2.05) is 0 Å². The maximum absolute atomic E-state index is 2.72. The molecule has 4 rings (SSSR count). The van der Waals surface area contributed by atoms with Crippen molar-refractivity contribution in [2.75, 3.05) is 0 Å². The molecule has 0 bridgehead atoms. The van der Waals surface area contributed by atoms with Crippen molar-refractivity contribution >= 4 is 42.8 Å². The van der Waals surface area contributed by atoms with Gasteiger partial charge in [0, 0.05) is 0 Å². The minimum atomic E-state index is -2.72.